The number of hydrogen-bond acceptors (Lipinski definition) is 1. The number of ketones is 1. The number of carbonyl (C=O) groups excluding carboxylic acids is 1. The summed E-state index contributed by atoms with van der Waals surface area (Å²) in [4.78, 5) is 11.8. The summed E-state index contributed by atoms with van der Waals surface area (Å²) in [5, 5.41) is 0.387. The number of Topliss-reactive ketones (excluding diaryl/α,β-unsaturated/α-hetero) is 1. The van der Waals surface area contributed by atoms with Crippen LogP contribution in [-0.2, 0) is 5.41 Å². The van der Waals surface area contributed by atoms with Gasteiger partial charge in [-0.3, -0.25) is 4.79 Å². The second kappa shape index (κ2) is 5.34. The molecule has 0 amide bonds. The highest BCUT2D eigenvalue weighted by Gasteiger charge is 2.17. The first-order chi connectivity index (χ1) is 7.75. The van der Waals surface area contributed by atoms with Gasteiger partial charge in [-0.05, 0) is 34.6 Å². The Kier molecular flexibility index (Phi) is 4.54. The monoisotopic (exact) mass is 296 g/mol. The lowest BCUT2D eigenvalue weighted by molar-refractivity contribution is 0.102. The van der Waals surface area contributed by atoms with Crippen LogP contribution in [-0.4, -0.2) is 11.1 Å². The first-order valence-electron chi connectivity index (χ1n) is 6.00. The molecule has 0 bridgehead atoms. The molecule has 94 valence electrons. The van der Waals surface area contributed by atoms with Crippen molar-refractivity contribution < 1.29 is 4.79 Å². The minimum absolute atomic E-state index is 0.0756. The van der Waals surface area contributed by atoms with E-state index in [9.17, 15) is 4.79 Å². The van der Waals surface area contributed by atoms with Crippen molar-refractivity contribution in [2.75, 3.05) is 5.33 Å². The van der Waals surface area contributed by atoms with E-state index in [1.165, 1.54) is 11.1 Å². The maximum absolute atomic E-state index is 11.8. The molecule has 0 aliphatic rings. The average molecular weight is 297 g/mol. The second-order valence-electron chi connectivity index (χ2n) is 5.81. The lowest BCUT2D eigenvalue weighted by Crippen LogP contribution is -2.14. The highest BCUT2D eigenvalue weighted by Crippen LogP contribution is 2.27. The van der Waals surface area contributed by atoms with Crippen LogP contribution in [0.15, 0.2) is 18.2 Å². The fourth-order valence-electron chi connectivity index (χ4n) is 1.66. The summed E-state index contributed by atoms with van der Waals surface area (Å²) in [5.74, 6) is 0.595. The van der Waals surface area contributed by atoms with Crippen LogP contribution in [0.25, 0.3) is 0 Å². The van der Waals surface area contributed by atoms with Crippen LogP contribution in [0.5, 0.6) is 0 Å². The lowest BCUT2D eigenvalue weighted by atomic mass is 9.83. The lowest BCUT2D eigenvalue weighted by Gasteiger charge is -2.22. The van der Waals surface area contributed by atoms with Crippen LogP contribution in [0.1, 0.15) is 62.0 Å². The van der Waals surface area contributed by atoms with Gasteiger partial charge >= 0.3 is 0 Å². The number of halogens is 1. The number of benzene rings is 1. The Labute approximate surface area is 113 Å². The number of carbonyl (C=O) groups is 1. The summed E-state index contributed by atoms with van der Waals surface area (Å²) in [6.45, 7) is 10.8. The maximum Gasteiger partial charge on any atom is 0.173 e. The third-order valence-electron chi connectivity index (χ3n) is 2.93. The van der Waals surface area contributed by atoms with Gasteiger partial charge in [-0.1, -0.05) is 56.6 Å². The van der Waals surface area contributed by atoms with Gasteiger partial charge in [0.2, 0.25) is 0 Å². The normalized spacial score (nSPS) is 11.9. The molecule has 0 aromatic heterocycles. The van der Waals surface area contributed by atoms with Gasteiger partial charge in [-0.2, -0.15) is 0 Å². The Morgan fingerprint density at radius 2 is 1.82 bits per heavy atom. The Hall–Kier alpha value is -0.630. The Balaban J connectivity index is 3.34. The van der Waals surface area contributed by atoms with Crippen LogP contribution in [0.3, 0.4) is 0 Å². The topological polar surface area (TPSA) is 17.1 Å². The molecule has 1 aromatic rings. The Morgan fingerprint density at radius 1 is 1.24 bits per heavy atom. The molecule has 0 saturated heterocycles. The molecule has 0 aliphatic carbocycles. The van der Waals surface area contributed by atoms with Crippen molar-refractivity contribution in [3.8, 4) is 0 Å². The SMILES string of the molecule is CC(C)c1cc(C(=O)CBr)cc(C(C)(C)C)c1. The van der Waals surface area contributed by atoms with Gasteiger partial charge in [0.25, 0.3) is 0 Å². The molecule has 1 nitrogen and oxygen atoms in total. The molecular weight excluding hydrogens is 276 g/mol. The summed E-state index contributed by atoms with van der Waals surface area (Å²) in [6, 6.07) is 6.26. The standard InChI is InChI=1S/C15H21BrO/c1-10(2)11-6-12(14(17)9-16)8-13(7-11)15(3,4)5/h6-8,10H,9H2,1-5H3. The van der Waals surface area contributed by atoms with Crippen molar-refractivity contribution in [2.45, 2.75) is 46.0 Å². The number of rotatable bonds is 3. The van der Waals surface area contributed by atoms with Crippen molar-refractivity contribution in [1.29, 1.82) is 0 Å². The van der Waals surface area contributed by atoms with Gasteiger partial charge in [-0.25, -0.2) is 0 Å². The summed E-state index contributed by atoms with van der Waals surface area (Å²) in [5.41, 5.74) is 3.36. The highest BCUT2D eigenvalue weighted by molar-refractivity contribution is 9.09. The molecule has 0 aliphatic heterocycles. The smallest absolute Gasteiger partial charge is 0.173 e. The Morgan fingerprint density at radius 3 is 2.24 bits per heavy atom. The predicted octanol–water partition coefficient (Wildman–Crippen LogP) is 4.69. The molecule has 0 radical (unpaired) electrons. The first kappa shape index (κ1) is 14.4. The number of alkyl halides is 1. The van der Waals surface area contributed by atoms with Gasteiger partial charge in [0, 0.05) is 5.56 Å². The van der Waals surface area contributed by atoms with Crippen molar-refractivity contribution in [3.63, 3.8) is 0 Å². The summed E-state index contributed by atoms with van der Waals surface area (Å²) >= 11 is 3.24. The molecule has 17 heavy (non-hydrogen) atoms. The third-order valence-corrected chi connectivity index (χ3v) is 3.44. The van der Waals surface area contributed by atoms with Gasteiger partial charge in [0.05, 0.1) is 5.33 Å². The molecule has 1 rings (SSSR count). The Bertz CT molecular complexity index is 413. The quantitative estimate of drug-likeness (QED) is 0.584. The van der Waals surface area contributed by atoms with E-state index in [0.29, 0.717) is 11.2 Å². The van der Waals surface area contributed by atoms with Gasteiger partial charge in [-0.15, -0.1) is 0 Å². The first-order valence-corrected chi connectivity index (χ1v) is 7.12. The van der Waals surface area contributed by atoms with Gasteiger partial charge < -0.3 is 0 Å². The van der Waals surface area contributed by atoms with E-state index in [2.05, 4.69) is 56.6 Å². The predicted molar refractivity (Wildman–Crippen MR) is 77.4 cm³/mol. The molecule has 0 spiro atoms. The molecule has 0 unspecified atom stereocenters. The maximum atomic E-state index is 11.8. The zero-order valence-corrected chi connectivity index (χ0v) is 12.9. The van der Waals surface area contributed by atoms with E-state index in [-0.39, 0.29) is 11.2 Å². The average Bonchev–Trinajstić information content (AvgIpc) is 2.26. The molecular formula is C15H21BrO. The van der Waals surface area contributed by atoms with E-state index in [0.717, 1.165) is 5.56 Å². The highest BCUT2D eigenvalue weighted by atomic mass is 79.9. The largest absolute Gasteiger partial charge is 0.293 e. The van der Waals surface area contributed by atoms with Crippen LogP contribution in [0.4, 0.5) is 0 Å². The molecule has 0 N–H and O–H groups in total. The molecule has 0 saturated carbocycles. The van der Waals surface area contributed by atoms with E-state index >= 15 is 0 Å². The molecule has 2 heteroatoms. The van der Waals surface area contributed by atoms with Crippen LogP contribution in [0, 0.1) is 0 Å². The summed E-state index contributed by atoms with van der Waals surface area (Å²) in [6.07, 6.45) is 0. The van der Waals surface area contributed by atoms with Gasteiger partial charge in [0.15, 0.2) is 5.78 Å². The van der Waals surface area contributed by atoms with E-state index in [4.69, 9.17) is 0 Å². The van der Waals surface area contributed by atoms with Crippen LogP contribution in [0.2, 0.25) is 0 Å². The fourth-order valence-corrected chi connectivity index (χ4v) is 1.98. The fraction of sp³-hybridized carbons (Fsp3) is 0.533. The van der Waals surface area contributed by atoms with Crippen molar-refractivity contribution in [1.82, 2.24) is 0 Å². The summed E-state index contributed by atoms with van der Waals surface area (Å²) in [7, 11) is 0. The van der Waals surface area contributed by atoms with Crippen molar-refractivity contribution in [2.24, 2.45) is 0 Å². The van der Waals surface area contributed by atoms with E-state index in [1.54, 1.807) is 0 Å². The van der Waals surface area contributed by atoms with E-state index in [1.807, 2.05) is 12.1 Å². The third kappa shape index (κ3) is 3.67. The minimum Gasteiger partial charge on any atom is -0.293 e. The number of hydrogen-bond donors (Lipinski definition) is 0. The van der Waals surface area contributed by atoms with Crippen molar-refractivity contribution >= 4 is 21.7 Å². The van der Waals surface area contributed by atoms with Gasteiger partial charge in [0.1, 0.15) is 0 Å². The van der Waals surface area contributed by atoms with Crippen LogP contribution >= 0.6 is 15.9 Å². The molecule has 1 aromatic carbocycles. The van der Waals surface area contributed by atoms with E-state index < -0.39 is 0 Å². The summed E-state index contributed by atoms with van der Waals surface area (Å²) < 4.78 is 0. The zero-order valence-electron chi connectivity index (χ0n) is 11.3. The second-order valence-corrected chi connectivity index (χ2v) is 6.37. The molecule has 0 heterocycles. The zero-order chi connectivity index (χ0) is 13.2. The van der Waals surface area contributed by atoms with Crippen LogP contribution < -0.4 is 0 Å². The van der Waals surface area contributed by atoms with Crippen molar-refractivity contribution in [3.05, 3.63) is 34.9 Å². The molecule has 0 fully saturated rings. The minimum atomic E-state index is 0.0756. The molecule has 0 atom stereocenters.